The average Bonchev–Trinajstić information content (AvgIpc) is 2.75. The summed E-state index contributed by atoms with van der Waals surface area (Å²) in [4.78, 5) is 13.6. The molecule has 2 aromatic rings. The number of hydrogen-bond donors (Lipinski definition) is 2. The first kappa shape index (κ1) is 22.7. The molecule has 0 saturated heterocycles. The molecule has 6 nitrogen and oxygen atoms in total. The van der Waals surface area contributed by atoms with Crippen LogP contribution < -0.4 is 11.1 Å². The first-order valence-corrected chi connectivity index (χ1v) is 12.8. The van der Waals surface area contributed by atoms with Gasteiger partial charge in [0.05, 0.1) is 10.6 Å². The van der Waals surface area contributed by atoms with Crippen LogP contribution >= 0.6 is 11.8 Å². The van der Waals surface area contributed by atoms with Gasteiger partial charge in [0.2, 0.25) is 0 Å². The fourth-order valence-corrected chi connectivity index (χ4v) is 5.84. The number of ether oxygens (including phenoxy) is 1. The molecule has 2 aromatic carbocycles. The van der Waals surface area contributed by atoms with E-state index >= 15 is 0 Å². The van der Waals surface area contributed by atoms with Gasteiger partial charge in [0.1, 0.15) is 6.61 Å². The largest absolute Gasteiger partial charge is 0.445 e. The lowest BCUT2D eigenvalue weighted by Crippen LogP contribution is -2.48. The first-order chi connectivity index (χ1) is 14.4. The number of alkyl carbamates (subject to hydrolysis) is 1. The molecule has 1 amide bonds. The normalized spacial score (nSPS) is 21.7. The summed E-state index contributed by atoms with van der Waals surface area (Å²) in [6.07, 6.45) is 3.33. The van der Waals surface area contributed by atoms with Gasteiger partial charge in [-0.15, -0.1) is 11.8 Å². The molecule has 1 fully saturated rings. The van der Waals surface area contributed by atoms with Gasteiger partial charge in [-0.1, -0.05) is 30.3 Å². The van der Waals surface area contributed by atoms with E-state index < -0.39 is 15.9 Å². The lowest BCUT2D eigenvalue weighted by atomic mass is 9.83. The third kappa shape index (κ3) is 6.23. The van der Waals surface area contributed by atoms with E-state index in [9.17, 15) is 13.2 Å². The molecule has 1 aliphatic carbocycles. The molecule has 3 rings (SSSR count). The number of nitrogens with one attached hydrogen (secondary N) is 1. The quantitative estimate of drug-likeness (QED) is 0.628. The van der Waals surface area contributed by atoms with Crippen LogP contribution in [0.2, 0.25) is 0 Å². The number of rotatable bonds is 7. The van der Waals surface area contributed by atoms with E-state index in [1.54, 1.807) is 36.0 Å². The Morgan fingerprint density at radius 2 is 1.83 bits per heavy atom. The number of benzene rings is 2. The summed E-state index contributed by atoms with van der Waals surface area (Å²) in [5.41, 5.74) is 7.00. The summed E-state index contributed by atoms with van der Waals surface area (Å²) >= 11 is 1.56. The van der Waals surface area contributed by atoms with Crippen LogP contribution in [0.3, 0.4) is 0 Å². The van der Waals surface area contributed by atoms with Crippen molar-refractivity contribution in [2.45, 2.75) is 47.7 Å². The number of carbonyl (C=O) groups excluding carboxylic acids is 1. The van der Waals surface area contributed by atoms with Crippen molar-refractivity contribution in [1.29, 1.82) is 0 Å². The lowest BCUT2D eigenvalue weighted by molar-refractivity contribution is 0.127. The van der Waals surface area contributed by atoms with E-state index in [0.29, 0.717) is 17.7 Å². The van der Waals surface area contributed by atoms with E-state index in [0.717, 1.165) is 16.9 Å². The first-order valence-electron chi connectivity index (χ1n) is 9.97. The summed E-state index contributed by atoms with van der Waals surface area (Å²) in [6.45, 7) is 0.170. The van der Waals surface area contributed by atoms with E-state index in [2.05, 4.69) is 5.32 Å². The van der Waals surface area contributed by atoms with Crippen LogP contribution in [-0.4, -0.2) is 38.6 Å². The Morgan fingerprint density at radius 1 is 1.13 bits per heavy atom. The van der Waals surface area contributed by atoms with Crippen molar-refractivity contribution in [1.82, 2.24) is 5.32 Å². The molecule has 0 bridgehead atoms. The number of hydrogen-bond acceptors (Lipinski definition) is 6. The van der Waals surface area contributed by atoms with E-state index in [-0.39, 0.29) is 30.4 Å². The highest BCUT2D eigenvalue weighted by molar-refractivity contribution is 7.98. The van der Waals surface area contributed by atoms with E-state index in [1.807, 2.05) is 36.6 Å². The topological polar surface area (TPSA) is 98.5 Å². The Morgan fingerprint density at radius 3 is 2.50 bits per heavy atom. The van der Waals surface area contributed by atoms with Crippen LogP contribution in [0, 0.1) is 5.92 Å². The van der Waals surface area contributed by atoms with Crippen LogP contribution in [0.1, 0.15) is 24.8 Å². The summed E-state index contributed by atoms with van der Waals surface area (Å²) in [7, 11) is -3.49. The minimum absolute atomic E-state index is 0.0526. The molecule has 0 aliphatic heterocycles. The zero-order chi connectivity index (χ0) is 21.6. The third-order valence-corrected chi connectivity index (χ3v) is 7.99. The molecule has 8 heteroatoms. The van der Waals surface area contributed by atoms with Crippen molar-refractivity contribution in [3.05, 3.63) is 60.2 Å². The van der Waals surface area contributed by atoms with Crippen molar-refractivity contribution in [2.75, 3.05) is 12.0 Å². The van der Waals surface area contributed by atoms with Gasteiger partial charge in [0.25, 0.3) is 0 Å². The second-order valence-electron chi connectivity index (χ2n) is 7.60. The fraction of sp³-hybridized carbons (Fsp3) is 0.409. The maximum Gasteiger partial charge on any atom is 0.407 e. The number of amides is 1. The van der Waals surface area contributed by atoms with Gasteiger partial charge in [-0.25, -0.2) is 13.2 Å². The monoisotopic (exact) mass is 448 g/mol. The highest BCUT2D eigenvalue weighted by Gasteiger charge is 2.34. The van der Waals surface area contributed by atoms with Gasteiger partial charge in [0, 0.05) is 17.0 Å². The molecule has 3 N–H and O–H groups in total. The SMILES string of the molecule is CSc1ccc(S(=O)(=O)C[C@@H]2C[C@@H](N)CC[C@@H]2NC(=O)OCc2ccccc2)cc1. The maximum absolute atomic E-state index is 13.0. The zero-order valence-electron chi connectivity index (χ0n) is 17.0. The number of nitrogens with two attached hydrogens (primary N) is 1. The summed E-state index contributed by atoms with van der Waals surface area (Å²) < 4.78 is 31.2. The van der Waals surface area contributed by atoms with Crippen LogP contribution in [0.4, 0.5) is 4.79 Å². The van der Waals surface area contributed by atoms with Gasteiger partial charge in [-0.05, 0) is 61.3 Å². The molecule has 162 valence electrons. The second kappa shape index (κ2) is 10.3. The summed E-state index contributed by atoms with van der Waals surface area (Å²) in [5, 5.41) is 2.87. The van der Waals surface area contributed by atoms with Crippen molar-refractivity contribution in [2.24, 2.45) is 11.7 Å². The second-order valence-corrected chi connectivity index (χ2v) is 10.5. The molecule has 1 aliphatic rings. The zero-order valence-corrected chi connectivity index (χ0v) is 18.6. The highest BCUT2D eigenvalue weighted by atomic mass is 32.2. The molecule has 0 unspecified atom stereocenters. The lowest BCUT2D eigenvalue weighted by Gasteiger charge is -2.34. The summed E-state index contributed by atoms with van der Waals surface area (Å²) in [6, 6.07) is 16.0. The number of carbonyl (C=O) groups is 1. The fourth-order valence-electron chi connectivity index (χ4n) is 3.75. The molecule has 30 heavy (non-hydrogen) atoms. The highest BCUT2D eigenvalue weighted by Crippen LogP contribution is 2.28. The van der Waals surface area contributed by atoms with Crippen LogP contribution in [0.15, 0.2) is 64.4 Å². The van der Waals surface area contributed by atoms with E-state index in [1.165, 1.54) is 0 Å². The van der Waals surface area contributed by atoms with Gasteiger partial charge in [0.15, 0.2) is 9.84 Å². The molecule has 1 saturated carbocycles. The van der Waals surface area contributed by atoms with E-state index in [4.69, 9.17) is 10.5 Å². The number of thioether (sulfide) groups is 1. The predicted octanol–water partition coefficient (Wildman–Crippen LogP) is 3.60. The minimum Gasteiger partial charge on any atom is -0.445 e. The van der Waals surface area contributed by atoms with Crippen molar-refractivity contribution in [3.63, 3.8) is 0 Å². The molecule has 0 spiro atoms. The Bertz CT molecular complexity index is 933. The Hall–Kier alpha value is -2.03. The molecule has 0 heterocycles. The van der Waals surface area contributed by atoms with Crippen LogP contribution in [0.5, 0.6) is 0 Å². The van der Waals surface area contributed by atoms with Gasteiger partial charge < -0.3 is 15.8 Å². The van der Waals surface area contributed by atoms with Crippen LogP contribution in [0.25, 0.3) is 0 Å². The van der Waals surface area contributed by atoms with Gasteiger partial charge >= 0.3 is 6.09 Å². The smallest absolute Gasteiger partial charge is 0.407 e. The molecule has 3 atom stereocenters. The van der Waals surface area contributed by atoms with Gasteiger partial charge in [-0.2, -0.15) is 0 Å². The third-order valence-electron chi connectivity index (χ3n) is 5.39. The average molecular weight is 449 g/mol. The maximum atomic E-state index is 13.0. The number of sulfone groups is 1. The molecular weight excluding hydrogens is 420 g/mol. The minimum atomic E-state index is -3.49. The predicted molar refractivity (Wildman–Crippen MR) is 119 cm³/mol. The molecule has 0 radical (unpaired) electrons. The molecular formula is C22H28N2O4S2. The standard InChI is InChI=1S/C22H28N2O4S2/c1-29-19-8-10-20(11-9-19)30(26,27)15-17-13-18(23)7-12-21(17)24-22(25)28-14-16-5-3-2-4-6-16/h2-6,8-11,17-18,21H,7,12-15,23H2,1H3,(H,24,25)/t17-,18-,21-/m0/s1. The Balaban J connectivity index is 1.64. The van der Waals surface area contributed by atoms with Crippen molar-refractivity contribution < 1.29 is 17.9 Å². The van der Waals surface area contributed by atoms with Gasteiger partial charge in [-0.3, -0.25) is 0 Å². The van der Waals surface area contributed by atoms with Crippen molar-refractivity contribution in [3.8, 4) is 0 Å². The summed E-state index contributed by atoms with van der Waals surface area (Å²) in [5.74, 6) is -0.314. The molecule has 0 aromatic heterocycles. The Labute approximate surface area is 182 Å². The van der Waals surface area contributed by atoms with Crippen molar-refractivity contribution >= 4 is 27.7 Å². The Kier molecular flexibility index (Phi) is 7.80. The van der Waals surface area contributed by atoms with Crippen LogP contribution in [-0.2, 0) is 21.2 Å².